The van der Waals surface area contributed by atoms with Crippen LogP contribution in [-0.4, -0.2) is 33.7 Å². The van der Waals surface area contributed by atoms with Gasteiger partial charge in [-0.2, -0.15) is 0 Å². The monoisotopic (exact) mass is 403 g/mol. The number of aromatic nitrogens is 2. The van der Waals surface area contributed by atoms with Gasteiger partial charge in [0, 0.05) is 18.2 Å². The minimum Gasteiger partial charge on any atom is -0.454 e. The minimum atomic E-state index is -0.0711. The van der Waals surface area contributed by atoms with Crippen molar-refractivity contribution < 1.29 is 14.3 Å². The summed E-state index contributed by atoms with van der Waals surface area (Å²) >= 11 is 0. The molecular weight excluding hydrogens is 378 g/mol. The predicted octanol–water partition coefficient (Wildman–Crippen LogP) is 4.71. The lowest BCUT2D eigenvalue weighted by Gasteiger charge is -2.23. The molecule has 0 unspecified atom stereocenters. The molecule has 0 bridgehead atoms. The number of carbonyl (C=O) groups excluding carboxylic acids is 1. The molecule has 0 N–H and O–H groups in total. The van der Waals surface area contributed by atoms with Gasteiger partial charge in [-0.1, -0.05) is 31.1 Å². The van der Waals surface area contributed by atoms with Crippen LogP contribution in [0.5, 0.6) is 11.5 Å². The molecule has 0 atom stereocenters. The Hall–Kier alpha value is -3.28. The van der Waals surface area contributed by atoms with Gasteiger partial charge in [0.05, 0.1) is 17.6 Å². The third-order valence-electron chi connectivity index (χ3n) is 5.95. The smallest absolute Gasteiger partial charge is 0.254 e. The molecule has 1 aliphatic carbocycles. The lowest BCUT2D eigenvalue weighted by molar-refractivity contribution is 0.0756. The fourth-order valence-electron chi connectivity index (χ4n) is 4.53. The number of benzene rings is 2. The predicted molar refractivity (Wildman–Crippen MR) is 115 cm³/mol. The van der Waals surface area contributed by atoms with Crippen molar-refractivity contribution in [3.05, 3.63) is 66.5 Å². The fourth-order valence-corrected chi connectivity index (χ4v) is 4.53. The maximum absolute atomic E-state index is 13.3. The van der Waals surface area contributed by atoms with Crippen molar-refractivity contribution in [3.63, 3.8) is 0 Å². The van der Waals surface area contributed by atoms with Gasteiger partial charge < -0.3 is 18.9 Å². The number of amides is 1. The number of para-hydroxylation sites is 2. The van der Waals surface area contributed by atoms with Crippen molar-refractivity contribution in [3.8, 4) is 11.5 Å². The molecule has 0 spiro atoms. The highest BCUT2D eigenvalue weighted by atomic mass is 16.7. The van der Waals surface area contributed by atoms with Crippen LogP contribution in [0.25, 0.3) is 11.0 Å². The van der Waals surface area contributed by atoms with Crippen LogP contribution in [0, 0.1) is 0 Å². The molecule has 30 heavy (non-hydrogen) atoms. The Morgan fingerprint density at radius 3 is 2.80 bits per heavy atom. The molecule has 5 rings (SSSR count). The van der Waals surface area contributed by atoms with Crippen LogP contribution in [0.2, 0.25) is 0 Å². The first kappa shape index (κ1) is 18.7. The van der Waals surface area contributed by atoms with E-state index in [4.69, 9.17) is 14.5 Å². The molecule has 154 valence electrons. The van der Waals surface area contributed by atoms with Crippen LogP contribution < -0.4 is 9.47 Å². The summed E-state index contributed by atoms with van der Waals surface area (Å²) in [4.78, 5) is 20.0. The SMILES string of the molecule is C=CCN(Cc1nc2ccccc2n1C1CCCC1)C(=O)c1ccc2c(c1)OCO2. The third kappa shape index (κ3) is 3.32. The van der Waals surface area contributed by atoms with Gasteiger partial charge in [-0.05, 0) is 43.2 Å². The Bertz CT molecular complexity index is 1100. The Kier molecular flexibility index (Phi) is 4.91. The number of fused-ring (bicyclic) bond motifs is 2. The normalized spacial score (nSPS) is 15.6. The number of carbonyl (C=O) groups is 1. The third-order valence-corrected chi connectivity index (χ3v) is 5.95. The molecule has 2 aromatic carbocycles. The van der Waals surface area contributed by atoms with E-state index in [0.29, 0.717) is 36.2 Å². The van der Waals surface area contributed by atoms with Gasteiger partial charge in [0.2, 0.25) is 6.79 Å². The highest BCUT2D eigenvalue weighted by Crippen LogP contribution is 2.35. The largest absolute Gasteiger partial charge is 0.454 e. The number of ether oxygens (including phenoxy) is 2. The van der Waals surface area contributed by atoms with Crippen LogP contribution in [0.4, 0.5) is 0 Å². The van der Waals surface area contributed by atoms with E-state index in [9.17, 15) is 4.79 Å². The van der Waals surface area contributed by atoms with Crippen molar-refractivity contribution in [1.82, 2.24) is 14.5 Å². The standard InChI is InChI=1S/C24H25N3O3/c1-2-13-26(24(28)17-11-12-21-22(14-17)30-16-29-21)15-23-25-19-9-5-6-10-20(19)27(23)18-7-3-4-8-18/h2,5-6,9-12,14,18H,1,3-4,7-8,13,15-16H2. The molecule has 1 amide bonds. The maximum atomic E-state index is 13.3. The molecule has 1 aliphatic heterocycles. The molecule has 0 radical (unpaired) electrons. The first-order chi connectivity index (χ1) is 14.7. The fraction of sp³-hybridized carbons (Fsp3) is 0.333. The number of rotatable bonds is 6. The number of nitrogens with zero attached hydrogens (tertiary/aromatic N) is 3. The van der Waals surface area contributed by atoms with E-state index in [0.717, 1.165) is 29.7 Å². The zero-order chi connectivity index (χ0) is 20.5. The van der Waals surface area contributed by atoms with Crippen molar-refractivity contribution in [1.29, 1.82) is 0 Å². The number of imidazole rings is 1. The molecule has 1 saturated carbocycles. The van der Waals surface area contributed by atoms with Gasteiger partial charge >= 0.3 is 0 Å². The molecule has 2 heterocycles. The van der Waals surface area contributed by atoms with Crippen molar-refractivity contribution in [2.24, 2.45) is 0 Å². The van der Waals surface area contributed by atoms with E-state index in [-0.39, 0.29) is 12.7 Å². The average molecular weight is 403 g/mol. The van der Waals surface area contributed by atoms with E-state index in [2.05, 4.69) is 23.3 Å². The highest BCUT2D eigenvalue weighted by molar-refractivity contribution is 5.95. The lowest BCUT2D eigenvalue weighted by atomic mass is 10.1. The Labute approximate surface area is 175 Å². The van der Waals surface area contributed by atoms with Crippen LogP contribution in [0.1, 0.15) is 47.9 Å². The van der Waals surface area contributed by atoms with E-state index >= 15 is 0 Å². The van der Waals surface area contributed by atoms with Gasteiger partial charge in [-0.3, -0.25) is 4.79 Å². The highest BCUT2D eigenvalue weighted by Gasteiger charge is 2.26. The quantitative estimate of drug-likeness (QED) is 0.560. The van der Waals surface area contributed by atoms with Crippen molar-refractivity contribution in [2.75, 3.05) is 13.3 Å². The van der Waals surface area contributed by atoms with Gasteiger partial charge in [-0.25, -0.2) is 4.98 Å². The first-order valence-corrected chi connectivity index (χ1v) is 10.5. The Morgan fingerprint density at radius 2 is 1.97 bits per heavy atom. The summed E-state index contributed by atoms with van der Waals surface area (Å²) in [5, 5.41) is 0. The van der Waals surface area contributed by atoms with E-state index in [1.54, 1.807) is 29.2 Å². The number of hydrogen-bond acceptors (Lipinski definition) is 4. The summed E-state index contributed by atoms with van der Waals surface area (Å²) in [7, 11) is 0. The second kappa shape index (κ2) is 7.86. The Morgan fingerprint density at radius 1 is 1.17 bits per heavy atom. The molecule has 1 fully saturated rings. The van der Waals surface area contributed by atoms with Crippen molar-refractivity contribution >= 4 is 16.9 Å². The van der Waals surface area contributed by atoms with E-state index in [1.807, 2.05) is 12.1 Å². The summed E-state index contributed by atoms with van der Waals surface area (Å²) < 4.78 is 13.2. The minimum absolute atomic E-state index is 0.0711. The summed E-state index contributed by atoms with van der Waals surface area (Å²) in [5.74, 6) is 2.14. The molecule has 1 aromatic heterocycles. The maximum Gasteiger partial charge on any atom is 0.254 e. The zero-order valence-corrected chi connectivity index (χ0v) is 16.9. The summed E-state index contributed by atoms with van der Waals surface area (Å²) in [5.41, 5.74) is 2.70. The number of hydrogen-bond donors (Lipinski definition) is 0. The van der Waals surface area contributed by atoms with Crippen LogP contribution >= 0.6 is 0 Å². The van der Waals surface area contributed by atoms with Gasteiger partial charge in [0.15, 0.2) is 11.5 Å². The van der Waals surface area contributed by atoms with Crippen molar-refractivity contribution in [2.45, 2.75) is 38.3 Å². The van der Waals surface area contributed by atoms with E-state index < -0.39 is 0 Å². The molecule has 3 aromatic rings. The molecular formula is C24H25N3O3. The van der Waals surface area contributed by atoms with Gasteiger partial charge in [0.25, 0.3) is 5.91 Å². The van der Waals surface area contributed by atoms with Crippen LogP contribution in [0.15, 0.2) is 55.1 Å². The van der Waals surface area contributed by atoms with Gasteiger partial charge in [0.1, 0.15) is 5.82 Å². The lowest BCUT2D eigenvalue weighted by Crippen LogP contribution is -2.32. The average Bonchev–Trinajstić information content (AvgIpc) is 3.51. The molecule has 2 aliphatic rings. The topological polar surface area (TPSA) is 56.6 Å². The van der Waals surface area contributed by atoms with Crippen LogP contribution in [0.3, 0.4) is 0 Å². The summed E-state index contributed by atoms with van der Waals surface area (Å²) in [6.45, 7) is 4.92. The van der Waals surface area contributed by atoms with E-state index in [1.165, 1.54) is 12.8 Å². The Balaban J connectivity index is 1.49. The summed E-state index contributed by atoms with van der Waals surface area (Å²) in [6.07, 6.45) is 6.55. The van der Waals surface area contributed by atoms with Gasteiger partial charge in [-0.15, -0.1) is 6.58 Å². The van der Waals surface area contributed by atoms with Crippen LogP contribution in [-0.2, 0) is 6.54 Å². The molecule has 0 saturated heterocycles. The first-order valence-electron chi connectivity index (χ1n) is 10.5. The molecule has 6 heteroatoms. The summed E-state index contributed by atoms with van der Waals surface area (Å²) in [6, 6.07) is 14.0. The second-order valence-corrected chi connectivity index (χ2v) is 7.87. The molecule has 6 nitrogen and oxygen atoms in total. The second-order valence-electron chi connectivity index (χ2n) is 7.87. The zero-order valence-electron chi connectivity index (χ0n) is 16.9.